The van der Waals surface area contributed by atoms with E-state index in [0.717, 1.165) is 6.92 Å². The molecule has 0 bridgehead atoms. The van der Waals surface area contributed by atoms with Crippen molar-refractivity contribution in [1.29, 1.82) is 0 Å². The predicted molar refractivity (Wildman–Crippen MR) is 178 cm³/mol. The first-order valence-corrected chi connectivity index (χ1v) is 16.7. The van der Waals surface area contributed by atoms with Crippen LogP contribution in [-0.2, 0) is 38.3 Å². The van der Waals surface area contributed by atoms with Gasteiger partial charge in [0.25, 0.3) is 0 Å². The zero-order valence-electron chi connectivity index (χ0n) is 29.9. The summed E-state index contributed by atoms with van der Waals surface area (Å²) in [6, 6.07) is -8.51. The molecule has 0 aliphatic carbocycles. The molecule has 1 heterocycles. The van der Waals surface area contributed by atoms with Crippen LogP contribution >= 0.6 is 0 Å². The summed E-state index contributed by atoms with van der Waals surface area (Å²) in [4.78, 5) is 89.0. The lowest BCUT2D eigenvalue weighted by molar-refractivity contribution is -0.203. The van der Waals surface area contributed by atoms with Gasteiger partial charge in [-0.05, 0) is 32.1 Å². The average Bonchev–Trinajstić information content (AvgIpc) is 3.04. The van der Waals surface area contributed by atoms with Crippen LogP contribution in [0, 0.1) is 11.8 Å². The van der Waals surface area contributed by atoms with Crippen LogP contribution in [0.2, 0.25) is 0 Å². The van der Waals surface area contributed by atoms with Gasteiger partial charge in [-0.2, -0.15) is 0 Å². The Kier molecular flexibility index (Phi) is 18.4. The first-order chi connectivity index (χ1) is 23.6. The summed E-state index contributed by atoms with van der Waals surface area (Å²) in [6.07, 6.45) is -7.90. The minimum atomic E-state index is -1.69. The number of amides is 6. The number of carbonyl (C=O) groups excluding carboxylic acids is 6. The number of ether oxygens (including phenoxy) is 1. The molecule has 1 fully saturated rings. The molecule has 292 valence electrons. The number of aliphatic hydroxyl groups is 4. The summed E-state index contributed by atoms with van der Waals surface area (Å²) < 4.78 is 5.48. The second-order valence-electron chi connectivity index (χ2n) is 13.2. The minimum absolute atomic E-state index is 0.0701. The van der Waals surface area contributed by atoms with Gasteiger partial charge >= 0.3 is 5.97 Å². The van der Waals surface area contributed by atoms with Gasteiger partial charge in [-0.1, -0.05) is 34.1 Å². The van der Waals surface area contributed by atoms with Crippen LogP contribution in [0.1, 0.15) is 67.7 Å². The minimum Gasteiger partial charge on any atom is -0.480 e. The van der Waals surface area contributed by atoms with E-state index < -0.39 is 121 Å². The molecule has 20 nitrogen and oxygen atoms in total. The first kappa shape index (κ1) is 45.1. The van der Waals surface area contributed by atoms with E-state index in [1.807, 2.05) is 0 Å². The van der Waals surface area contributed by atoms with Crippen LogP contribution in [0.15, 0.2) is 0 Å². The fourth-order valence-electron chi connectivity index (χ4n) is 5.05. The molecule has 0 unspecified atom stereocenters. The second-order valence-corrected chi connectivity index (χ2v) is 13.2. The summed E-state index contributed by atoms with van der Waals surface area (Å²) in [5, 5.41) is 64.0. The Morgan fingerprint density at radius 2 is 1.39 bits per heavy atom. The van der Waals surface area contributed by atoms with Gasteiger partial charge < -0.3 is 67.9 Å². The molecular weight excluding hydrogens is 678 g/mol. The molecule has 51 heavy (non-hydrogen) atoms. The van der Waals surface area contributed by atoms with Crippen LogP contribution in [-0.4, -0.2) is 140 Å². The number of rotatable bonds is 19. The predicted octanol–water partition coefficient (Wildman–Crippen LogP) is -4.72. The smallest absolute Gasteiger partial charge is 0.326 e. The molecule has 1 aliphatic heterocycles. The SMILES string of the molecule is CC[C@H](C)[C@H](N)C(=O)N[C@@H](CC(=O)N[C@H]1O[C@H](CO)[C@@H](O)[C@H](O)[C@H]1NC(C)=O)C(=O)N[C@@H](C)C(=O)N[C@H](C(=O)N[C@@H](CC(C)C)C(=O)O)[C@@H](C)O. The van der Waals surface area contributed by atoms with Gasteiger partial charge in [-0.15, -0.1) is 0 Å². The highest BCUT2D eigenvalue weighted by Gasteiger charge is 2.45. The summed E-state index contributed by atoms with van der Waals surface area (Å²) in [6.45, 7) is 9.70. The number of carboxylic acids is 1. The number of nitrogens with one attached hydrogen (secondary N) is 6. The average molecular weight is 734 g/mol. The van der Waals surface area contributed by atoms with E-state index in [1.54, 1.807) is 27.7 Å². The molecule has 1 aliphatic rings. The molecule has 12 atom stereocenters. The van der Waals surface area contributed by atoms with Crippen LogP contribution in [0.3, 0.4) is 0 Å². The second kappa shape index (κ2) is 20.8. The molecule has 1 rings (SSSR count). The van der Waals surface area contributed by atoms with E-state index in [9.17, 15) is 59.1 Å². The van der Waals surface area contributed by atoms with Gasteiger partial charge in [0.1, 0.15) is 48.5 Å². The third kappa shape index (κ3) is 13.9. The molecule has 0 aromatic heterocycles. The van der Waals surface area contributed by atoms with Crippen molar-refractivity contribution in [2.24, 2.45) is 17.6 Å². The number of hydrogen-bond acceptors (Lipinski definition) is 13. The molecule has 1 saturated heterocycles. The van der Waals surface area contributed by atoms with E-state index in [1.165, 1.54) is 13.8 Å². The molecule has 13 N–H and O–H groups in total. The van der Waals surface area contributed by atoms with Crippen molar-refractivity contribution in [3.8, 4) is 0 Å². The normalized spacial score (nSPS) is 24.4. The largest absolute Gasteiger partial charge is 0.480 e. The molecule has 6 amide bonds. The lowest BCUT2D eigenvalue weighted by Crippen LogP contribution is -2.68. The molecule has 0 saturated carbocycles. The van der Waals surface area contributed by atoms with E-state index in [4.69, 9.17) is 10.5 Å². The maximum Gasteiger partial charge on any atom is 0.326 e. The van der Waals surface area contributed by atoms with E-state index in [2.05, 4.69) is 31.9 Å². The highest BCUT2D eigenvalue weighted by Crippen LogP contribution is 2.20. The lowest BCUT2D eigenvalue weighted by Gasteiger charge is -2.42. The molecular formula is C31H55N7O13. The van der Waals surface area contributed by atoms with Crippen molar-refractivity contribution in [1.82, 2.24) is 31.9 Å². The zero-order chi connectivity index (χ0) is 39.3. The van der Waals surface area contributed by atoms with Gasteiger partial charge in [0.05, 0.1) is 25.2 Å². The Morgan fingerprint density at radius 1 is 0.804 bits per heavy atom. The fraction of sp³-hybridized carbons (Fsp3) is 0.774. The summed E-state index contributed by atoms with van der Waals surface area (Å²) in [5.74, 6) is -7.22. The van der Waals surface area contributed by atoms with Crippen molar-refractivity contribution < 1.29 is 63.8 Å². The number of hydrogen-bond donors (Lipinski definition) is 12. The quantitative estimate of drug-likeness (QED) is 0.0594. The highest BCUT2D eigenvalue weighted by molar-refractivity contribution is 5.97. The number of carboxylic acid groups (broad SMARTS) is 1. The van der Waals surface area contributed by atoms with E-state index >= 15 is 0 Å². The summed E-state index contributed by atoms with van der Waals surface area (Å²) in [5.41, 5.74) is 6.02. The third-order valence-electron chi connectivity index (χ3n) is 8.32. The van der Waals surface area contributed by atoms with Gasteiger partial charge in [0, 0.05) is 6.92 Å². The Bertz CT molecular complexity index is 1240. The molecule has 0 aromatic carbocycles. The molecule has 0 radical (unpaired) electrons. The number of aliphatic hydroxyl groups excluding tert-OH is 4. The first-order valence-electron chi connectivity index (χ1n) is 16.7. The maximum absolute atomic E-state index is 13.4. The Balaban J connectivity index is 3.20. The molecule has 20 heteroatoms. The monoisotopic (exact) mass is 733 g/mol. The van der Waals surface area contributed by atoms with Crippen LogP contribution in [0.25, 0.3) is 0 Å². The fourth-order valence-corrected chi connectivity index (χ4v) is 5.05. The molecule has 0 aromatic rings. The van der Waals surface area contributed by atoms with Crippen LogP contribution in [0.4, 0.5) is 0 Å². The number of nitrogens with two attached hydrogens (primary N) is 1. The van der Waals surface area contributed by atoms with Crippen molar-refractivity contribution >= 4 is 41.4 Å². The topological polar surface area (TPSA) is 328 Å². The number of aliphatic carboxylic acids is 1. The van der Waals surface area contributed by atoms with E-state index in [0.29, 0.717) is 6.42 Å². The van der Waals surface area contributed by atoms with Gasteiger partial charge in [-0.3, -0.25) is 28.8 Å². The Labute approximate surface area is 296 Å². The van der Waals surface area contributed by atoms with Crippen LogP contribution < -0.4 is 37.6 Å². The third-order valence-corrected chi connectivity index (χ3v) is 8.32. The Morgan fingerprint density at radius 3 is 1.88 bits per heavy atom. The van der Waals surface area contributed by atoms with Crippen molar-refractivity contribution in [3.05, 3.63) is 0 Å². The molecule has 0 spiro atoms. The number of carbonyl (C=O) groups is 7. The highest BCUT2D eigenvalue weighted by atomic mass is 16.5. The van der Waals surface area contributed by atoms with Gasteiger partial charge in [0.2, 0.25) is 35.4 Å². The lowest BCUT2D eigenvalue weighted by atomic mass is 9.95. The van der Waals surface area contributed by atoms with Crippen molar-refractivity contribution in [3.63, 3.8) is 0 Å². The summed E-state index contributed by atoms with van der Waals surface area (Å²) >= 11 is 0. The zero-order valence-corrected chi connectivity index (χ0v) is 29.9. The standard InChI is InChI=1S/C31H55N7O13/c1-8-13(4)21(32)28(47)35-17(10-20(42)37-30-23(34-16(7)41)25(44)24(43)19(11-39)51-30)27(46)33-14(5)26(45)38-22(15(6)40)29(48)36-18(31(49)50)9-12(2)3/h12-15,17-19,21-25,30,39-40,43-44H,8-11,32H2,1-7H3,(H,33,46)(H,34,41)(H,35,47)(H,36,48)(H,37,42)(H,38,45)(H,49,50)/t13-,14-,15+,17-,18-,19+,21-,22-,23+,24+,25+,30-/m0/s1. The Hall–Kier alpha value is -3.95. The summed E-state index contributed by atoms with van der Waals surface area (Å²) in [7, 11) is 0. The van der Waals surface area contributed by atoms with Crippen molar-refractivity contribution in [2.45, 2.75) is 135 Å². The maximum atomic E-state index is 13.4. The van der Waals surface area contributed by atoms with E-state index in [-0.39, 0.29) is 18.3 Å². The van der Waals surface area contributed by atoms with Crippen LogP contribution in [0.5, 0.6) is 0 Å². The van der Waals surface area contributed by atoms with Crippen molar-refractivity contribution in [2.75, 3.05) is 6.61 Å². The van der Waals surface area contributed by atoms with Gasteiger partial charge in [0.15, 0.2) is 6.23 Å². The van der Waals surface area contributed by atoms with Gasteiger partial charge in [-0.25, -0.2) is 4.79 Å².